The van der Waals surface area contributed by atoms with Crippen LogP contribution >= 0.6 is 0 Å². The van der Waals surface area contributed by atoms with E-state index in [2.05, 4.69) is 32.1 Å². The number of nitrogens with one attached hydrogen (secondary N) is 1. The lowest BCUT2D eigenvalue weighted by atomic mass is 10.1. The molecule has 0 aromatic rings. The van der Waals surface area contributed by atoms with Gasteiger partial charge in [0.1, 0.15) is 6.10 Å². The summed E-state index contributed by atoms with van der Waals surface area (Å²) in [6, 6.07) is 0. The number of hydrogen-bond donors (Lipinski definition) is 1. The van der Waals surface area contributed by atoms with Crippen molar-refractivity contribution in [3.8, 4) is 0 Å². The van der Waals surface area contributed by atoms with Crippen LogP contribution in [0.15, 0.2) is 4.99 Å². The Morgan fingerprint density at radius 1 is 1.04 bits per heavy atom. The molecule has 2 unspecified atom stereocenters. The average molecular weight is 368 g/mol. The third-order valence-corrected chi connectivity index (χ3v) is 5.73. The van der Waals surface area contributed by atoms with Crippen molar-refractivity contribution in [2.45, 2.75) is 37.9 Å². The zero-order valence-corrected chi connectivity index (χ0v) is 16.7. The summed E-state index contributed by atoms with van der Waals surface area (Å²) in [5.41, 5.74) is 0. The second kappa shape index (κ2) is 10.4. The number of morpholine rings is 1. The van der Waals surface area contributed by atoms with Gasteiger partial charge in [-0.15, -0.1) is 0 Å². The highest BCUT2D eigenvalue weighted by Crippen LogP contribution is 2.21. The van der Waals surface area contributed by atoms with Gasteiger partial charge in [-0.3, -0.25) is 4.99 Å². The van der Waals surface area contributed by atoms with Crippen LogP contribution in [0.2, 0.25) is 0 Å². The number of rotatable bonds is 5. The molecule has 3 rings (SSSR count). The monoisotopic (exact) mass is 367 g/mol. The Hall–Kier alpha value is -0.890. The lowest BCUT2D eigenvalue weighted by Crippen LogP contribution is -2.53. The van der Waals surface area contributed by atoms with Gasteiger partial charge in [0.25, 0.3) is 0 Å². The van der Waals surface area contributed by atoms with Gasteiger partial charge in [-0.1, -0.05) is 0 Å². The number of aliphatic imine (C=N–C) groups is 1. The van der Waals surface area contributed by atoms with E-state index < -0.39 is 0 Å². The normalized spacial score (nSPS) is 29.8. The molecule has 7 nitrogen and oxygen atoms in total. The predicted molar refractivity (Wildman–Crippen MR) is 105 cm³/mol. The first-order valence-electron chi connectivity index (χ1n) is 10.4. The molecule has 2 atom stereocenters. The zero-order valence-electron chi connectivity index (χ0n) is 16.7. The molecule has 3 heterocycles. The Morgan fingerprint density at radius 2 is 1.92 bits per heavy atom. The fourth-order valence-corrected chi connectivity index (χ4v) is 4.15. The molecule has 0 amide bonds. The van der Waals surface area contributed by atoms with Crippen LogP contribution in [0.4, 0.5) is 0 Å². The Morgan fingerprint density at radius 3 is 2.73 bits per heavy atom. The van der Waals surface area contributed by atoms with E-state index in [0.717, 1.165) is 58.1 Å². The molecule has 0 aromatic heterocycles. The van der Waals surface area contributed by atoms with Crippen LogP contribution in [0, 0.1) is 0 Å². The average Bonchev–Trinajstić information content (AvgIpc) is 3.13. The van der Waals surface area contributed by atoms with Crippen molar-refractivity contribution in [3.05, 3.63) is 0 Å². The van der Waals surface area contributed by atoms with Crippen LogP contribution in [0.5, 0.6) is 0 Å². The van der Waals surface area contributed by atoms with E-state index in [1.807, 2.05) is 7.05 Å². The smallest absolute Gasteiger partial charge is 0.193 e. The number of ether oxygens (including phenoxy) is 2. The second-order valence-electron chi connectivity index (χ2n) is 7.73. The van der Waals surface area contributed by atoms with Gasteiger partial charge in [0.2, 0.25) is 0 Å². The molecule has 3 fully saturated rings. The molecule has 0 saturated carbocycles. The molecule has 150 valence electrons. The summed E-state index contributed by atoms with van der Waals surface area (Å²) >= 11 is 0. The van der Waals surface area contributed by atoms with Gasteiger partial charge in [-0.25, -0.2) is 0 Å². The first-order valence-corrected chi connectivity index (χ1v) is 10.4. The summed E-state index contributed by atoms with van der Waals surface area (Å²) in [6.45, 7) is 10.4. The lowest BCUT2D eigenvalue weighted by molar-refractivity contribution is -0.0816. The number of hydrogen-bond acceptors (Lipinski definition) is 5. The molecule has 3 aliphatic heterocycles. The summed E-state index contributed by atoms with van der Waals surface area (Å²) in [4.78, 5) is 11.9. The summed E-state index contributed by atoms with van der Waals surface area (Å²) < 4.78 is 11.8. The Labute approximate surface area is 158 Å². The van der Waals surface area contributed by atoms with E-state index >= 15 is 0 Å². The van der Waals surface area contributed by atoms with Crippen LogP contribution in [-0.4, -0.2) is 113 Å². The van der Waals surface area contributed by atoms with Crippen LogP contribution in [0.25, 0.3) is 0 Å². The SMILES string of the molecule is CN=C(NCCCN1CCCN(C)CC1)N1CCOC(C2CCCO2)C1. The fraction of sp³-hybridized carbons (Fsp3) is 0.947. The summed E-state index contributed by atoms with van der Waals surface area (Å²) in [5.74, 6) is 1.01. The van der Waals surface area contributed by atoms with Gasteiger partial charge in [-0.05, 0) is 52.4 Å². The Kier molecular flexibility index (Phi) is 7.98. The van der Waals surface area contributed by atoms with Crippen LogP contribution in [0.1, 0.15) is 25.7 Å². The summed E-state index contributed by atoms with van der Waals surface area (Å²) in [7, 11) is 4.10. The predicted octanol–water partition coefficient (Wildman–Crippen LogP) is 0.469. The van der Waals surface area contributed by atoms with Gasteiger partial charge >= 0.3 is 0 Å². The molecular weight excluding hydrogens is 330 g/mol. The van der Waals surface area contributed by atoms with Crippen LogP contribution in [-0.2, 0) is 9.47 Å². The van der Waals surface area contributed by atoms with E-state index in [9.17, 15) is 0 Å². The third-order valence-electron chi connectivity index (χ3n) is 5.73. The van der Waals surface area contributed by atoms with Crippen molar-refractivity contribution in [2.24, 2.45) is 4.99 Å². The van der Waals surface area contributed by atoms with Crippen molar-refractivity contribution in [2.75, 3.05) is 79.7 Å². The Balaban J connectivity index is 1.37. The second-order valence-corrected chi connectivity index (χ2v) is 7.73. The van der Waals surface area contributed by atoms with Gasteiger partial charge in [0.15, 0.2) is 5.96 Å². The largest absolute Gasteiger partial charge is 0.375 e. The number of nitrogens with zero attached hydrogens (tertiary/aromatic N) is 4. The standard InChI is InChI=1S/C19H37N5O2/c1-20-19(21-7-4-9-23-10-5-8-22(2)11-12-23)24-13-15-26-18(16-24)17-6-3-14-25-17/h17-18H,3-16H2,1-2H3,(H,20,21). The maximum atomic E-state index is 5.95. The van der Waals surface area contributed by atoms with E-state index in [1.165, 1.54) is 39.1 Å². The van der Waals surface area contributed by atoms with Gasteiger partial charge in [0.05, 0.1) is 12.7 Å². The first kappa shape index (κ1) is 19.9. The molecule has 26 heavy (non-hydrogen) atoms. The van der Waals surface area contributed by atoms with E-state index in [1.54, 1.807) is 0 Å². The van der Waals surface area contributed by atoms with Crippen molar-refractivity contribution in [1.29, 1.82) is 0 Å². The molecule has 7 heteroatoms. The highest BCUT2D eigenvalue weighted by atomic mass is 16.5. The van der Waals surface area contributed by atoms with Gasteiger partial charge in [-0.2, -0.15) is 0 Å². The molecule has 0 bridgehead atoms. The molecule has 0 radical (unpaired) electrons. The topological polar surface area (TPSA) is 52.6 Å². The highest BCUT2D eigenvalue weighted by molar-refractivity contribution is 5.80. The quantitative estimate of drug-likeness (QED) is 0.433. The lowest BCUT2D eigenvalue weighted by Gasteiger charge is -2.37. The third kappa shape index (κ3) is 5.81. The van der Waals surface area contributed by atoms with Gasteiger partial charge in [0, 0.05) is 46.4 Å². The zero-order chi connectivity index (χ0) is 18.2. The molecule has 0 aliphatic carbocycles. The molecule has 0 aromatic carbocycles. The molecular formula is C19H37N5O2. The minimum Gasteiger partial charge on any atom is -0.375 e. The fourth-order valence-electron chi connectivity index (χ4n) is 4.15. The molecule has 3 saturated heterocycles. The van der Waals surface area contributed by atoms with Gasteiger partial charge < -0.3 is 29.5 Å². The first-order chi connectivity index (χ1) is 12.8. The van der Waals surface area contributed by atoms with Crippen molar-refractivity contribution >= 4 is 5.96 Å². The molecule has 1 N–H and O–H groups in total. The van der Waals surface area contributed by atoms with Crippen LogP contribution < -0.4 is 5.32 Å². The summed E-state index contributed by atoms with van der Waals surface area (Å²) in [5, 5.41) is 3.56. The van der Waals surface area contributed by atoms with E-state index in [-0.39, 0.29) is 12.2 Å². The van der Waals surface area contributed by atoms with Crippen molar-refractivity contribution in [1.82, 2.24) is 20.0 Å². The van der Waals surface area contributed by atoms with E-state index in [4.69, 9.17) is 9.47 Å². The Bertz CT molecular complexity index is 442. The maximum absolute atomic E-state index is 5.95. The van der Waals surface area contributed by atoms with Crippen molar-refractivity contribution < 1.29 is 9.47 Å². The summed E-state index contributed by atoms with van der Waals surface area (Å²) in [6.07, 6.45) is 5.15. The van der Waals surface area contributed by atoms with Crippen LogP contribution in [0.3, 0.4) is 0 Å². The minimum absolute atomic E-state index is 0.180. The van der Waals surface area contributed by atoms with Crippen molar-refractivity contribution in [3.63, 3.8) is 0 Å². The van der Waals surface area contributed by atoms with E-state index in [0.29, 0.717) is 0 Å². The molecule has 3 aliphatic rings. The number of guanidine groups is 1. The molecule has 0 spiro atoms. The highest BCUT2D eigenvalue weighted by Gasteiger charge is 2.32. The maximum Gasteiger partial charge on any atom is 0.193 e. The number of likely N-dealkylation sites (N-methyl/N-ethyl adjacent to an activating group) is 1. The minimum atomic E-state index is 0.180.